The first-order valence-corrected chi connectivity index (χ1v) is 17.9. The Morgan fingerprint density at radius 1 is 0.453 bits per heavy atom. The summed E-state index contributed by atoms with van der Waals surface area (Å²) < 4.78 is 6.72. The minimum Gasteiger partial charge on any atom is -0.455 e. The number of aliphatic imine (C=N–C) groups is 2. The Balaban J connectivity index is 1.17. The third-order valence-corrected chi connectivity index (χ3v) is 10.2. The minimum atomic E-state index is -0.430. The topological polar surface area (TPSA) is 49.9 Å². The Labute approximate surface area is 307 Å². The summed E-state index contributed by atoms with van der Waals surface area (Å²) in [6, 6.07) is 65.7. The van der Waals surface area contributed by atoms with Crippen molar-refractivity contribution in [1.82, 2.24) is 5.32 Å². The summed E-state index contributed by atoms with van der Waals surface area (Å²) in [5.74, 6) is 1.44. The predicted molar refractivity (Wildman–Crippen MR) is 219 cm³/mol. The van der Waals surface area contributed by atoms with Gasteiger partial charge in [-0.3, -0.25) is 0 Å². The van der Waals surface area contributed by atoms with Crippen molar-refractivity contribution < 1.29 is 4.42 Å². The van der Waals surface area contributed by atoms with Crippen LogP contribution in [0.25, 0.3) is 66.1 Å². The van der Waals surface area contributed by atoms with Gasteiger partial charge in [-0.1, -0.05) is 170 Å². The Bertz CT molecular complexity index is 2850. The van der Waals surface area contributed by atoms with Gasteiger partial charge in [-0.25, -0.2) is 9.98 Å². The van der Waals surface area contributed by atoms with Gasteiger partial charge in [-0.15, -0.1) is 0 Å². The van der Waals surface area contributed by atoms with Crippen LogP contribution in [-0.4, -0.2) is 11.7 Å². The molecule has 8 aromatic carbocycles. The van der Waals surface area contributed by atoms with Gasteiger partial charge in [0, 0.05) is 33.0 Å². The molecule has 0 aliphatic carbocycles. The number of benzene rings is 8. The van der Waals surface area contributed by atoms with E-state index in [0.29, 0.717) is 5.84 Å². The number of nitrogens with zero attached hydrogens (tertiary/aromatic N) is 2. The summed E-state index contributed by atoms with van der Waals surface area (Å²) in [6.45, 7) is 0. The van der Waals surface area contributed by atoms with Crippen molar-refractivity contribution >= 4 is 44.4 Å². The van der Waals surface area contributed by atoms with Crippen LogP contribution in [0.15, 0.2) is 202 Å². The molecule has 2 heterocycles. The van der Waals surface area contributed by atoms with Gasteiger partial charge >= 0.3 is 0 Å². The van der Waals surface area contributed by atoms with E-state index in [1.165, 1.54) is 10.8 Å². The molecule has 4 nitrogen and oxygen atoms in total. The quantitative estimate of drug-likeness (QED) is 0.190. The zero-order valence-corrected chi connectivity index (χ0v) is 28.8. The SMILES string of the molecule is c1ccc(C2=NC(c3ccc(-c4ccccc4)c(-c4ccccc4)c3)=NC(c3ccc(-c4ccc5ccccc5c4)c4oc5ccccc5c34)N2)cc1. The van der Waals surface area contributed by atoms with Crippen LogP contribution >= 0.6 is 0 Å². The van der Waals surface area contributed by atoms with Crippen LogP contribution < -0.4 is 5.32 Å². The van der Waals surface area contributed by atoms with Crippen LogP contribution in [0, 0.1) is 0 Å². The van der Waals surface area contributed by atoms with E-state index in [2.05, 4.69) is 163 Å². The lowest BCUT2D eigenvalue weighted by Gasteiger charge is -2.25. The second-order valence-electron chi connectivity index (χ2n) is 13.4. The minimum absolute atomic E-state index is 0.430. The van der Waals surface area contributed by atoms with E-state index in [9.17, 15) is 0 Å². The third-order valence-electron chi connectivity index (χ3n) is 10.2. The van der Waals surface area contributed by atoms with Crippen molar-refractivity contribution in [2.24, 2.45) is 9.98 Å². The van der Waals surface area contributed by atoms with Crippen molar-refractivity contribution in [3.05, 3.63) is 205 Å². The Morgan fingerprint density at radius 2 is 1.08 bits per heavy atom. The highest BCUT2D eigenvalue weighted by Gasteiger charge is 2.26. The van der Waals surface area contributed by atoms with Crippen molar-refractivity contribution in [3.63, 3.8) is 0 Å². The lowest BCUT2D eigenvalue weighted by Crippen LogP contribution is -2.33. The highest BCUT2D eigenvalue weighted by molar-refractivity contribution is 6.15. The summed E-state index contributed by atoms with van der Waals surface area (Å²) in [6.07, 6.45) is -0.430. The van der Waals surface area contributed by atoms with Crippen LogP contribution in [0.5, 0.6) is 0 Å². The van der Waals surface area contributed by atoms with E-state index >= 15 is 0 Å². The number of nitrogens with one attached hydrogen (secondary N) is 1. The maximum atomic E-state index is 6.72. The smallest absolute Gasteiger partial charge is 0.159 e. The molecule has 4 heteroatoms. The van der Waals surface area contributed by atoms with Gasteiger partial charge in [0.2, 0.25) is 0 Å². The first-order valence-electron chi connectivity index (χ1n) is 17.9. The molecule has 9 aromatic rings. The number of fused-ring (bicyclic) bond motifs is 4. The van der Waals surface area contributed by atoms with Crippen LogP contribution in [-0.2, 0) is 0 Å². The molecule has 1 atom stereocenters. The van der Waals surface area contributed by atoms with Crippen LogP contribution in [0.3, 0.4) is 0 Å². The number of para-hydroxylation sites is 1. The third kappa shape index (κ3) is 5.58. The van der Waals surface area contributed by atoms with Gasteiger partial charge in [0.25, 0.3) is 0 Å². The van der Waals surface area contributed by atoms with Crippen molar-refractivity contribution in [2.75, 3.05) is 0 Å². The number of hydrogen-bond donors (Lipinski definition) is 1. The molecule has 1 aliphatic rings. The summed E-state index contributed by atoms with van der Waals surface area (Å²) in [7, 11) is 0. The first-order chi connectivity index (χ1) is 26.3. The van der Waals surface area contributed by atoms with E-state index in [4.69, 9.17) is 14.4 Å². The van der Waals surface area contributed by atoms with E-state index in [1.54, 1.807) is 0 Å². The number of rotatable bonds is 6. The van der Waals surface area contributed by atoms with E-state index in [1.807, 2.05) is 30.3 Å². The molecule has 0 saturated carbocycles. The zero-order valence-electron chi connectivity index (χ0n) is 28.8. The number of hydrogen-bond acceptors (Lipinski definition) is 4. The summed E-state index contributed by atoms with van der Waals surface area (Å²) in [5, 5.41) is 8.23. The maximum absolute atomic E-state index is 6.72. The van der Waals surface area contributed by atoms with Gasteiger partial charge in [0.05, 0.1) is 0 Å². The largest absolute Gasteiger partial charge is 0.455 e. The van der Waals surface area contributed by atoms with Gasteiger partial charge in [0.15, 0.2) is 5.84 Å². The predicted octanol–water partition coefficient (Wildman–Crippen LogP) is 12.2. The lowest BCUT2D eigenvalue weighted by atomic mass is 9.92. The summed E-state index contributed by atoms with van der Waals surface area (Å²) in [5.41, 5.74) is 11.4. The van der Waals surface area contributed by atoms with Crippen molar-refractivity contribution in [2.45, 2.75) is 6.17 Å². The van der Waals surface area contributed by atoms with E-state index in [0.717, 1.165) is 77.8 Å². The van der Waals surface area contributed by atoms with Crippen LogP contribution in [0.1, 0.15) is 22.9 Å². The molecule has 0 amide bonds. The molecule has 1 unspecified atom stereocenters. The number of furan rings is 1. The summed E-state index contributed by atoms with van der Waals surface area (Å²) >= 11 is 0. The maximum Gasteiger partial charge on any atom is 0.159 e. The molecule has 0 bridgehead atoms. The fourth-order valence-electron chi connectivity index (χ4n) is 7.56. The fourth-order valence-corrected chi connectivity index (χ4v) is 7.56. The highest BCUT2D eigenvalue weighted by atomic mass is 16.3. The molecule has 0 saturated heterocycles. The zero-order chi connectivity index (χ0) is 35.1. The molecule has 1 aliphatic heterocycles. The standard InChI is InChI=1S/C49H33N3O/c1-4-15-33(16-5-1)39-27-26-38(31-43(39)34-17-6-2-7-18-34)48-50-47(35-19-8-3-9-20-35)51-49(52-48)42-29-28-40(37-25-24-32-14-10-11-21-36(32)30-37)46-45(42)41-22-12-13-23-44(41)53-46/h1-31,49H,(H,50,51,52). The average molecular weight is 680 g/mol. The van der Waals surface area contributed by atoms with E-state index < -0.39 is 6.17 Å². The Kier molecular flexibility index (Phi) is 7.51. The average Bonchev–Trinajstić information content (AvgIpc) is 3.64. The molecular weight excluding hydrogens is 647 g/mol. The molecule has 250 valence electrons. The normalized spacial score (nSPS) is 14.2. The van der Waals surface area contributed by atoms with Gasteiger partial charge < -0.3 is 9.73 Å². The molecule has 10 rings (SSSR count). The molecule has 0 radical (unpaired) electrons. The van der Waals surface area contributed by atoms with Crippen molar-refractivity contribution in [1.29, 1.82) is 0 Å². The molecule has 1 aromatic heterocycles. The molecule has 0 fully saturated rings. The van der Waals surface area contributed by atoms with Gasteiger partial charge in [-0.2, -0.15) is 0 Å². The molecule has 1 N–H and O–H groups in total. The van der Waals surface area contributed by atoms with Crippen LogP contribution in [0.4, 0.5) is 0 Å². The molecular formula is C49H33N3O. The highest BCUT2D eigenvalue weighted by Crippen LogP contribution is 2.42. The fraction of sp³-hybridized carbons (Fsp3) is 0.0204. The lowest BCUT2D eigenvalue weighted by molar-refractivity contribution is 0.663. The Morgan fingerprint density at radius 3 is 1.85 bits per heavy atom. The molecule has 0 spiro atoms. The van der Waals surface area contributed by atoms with Gasteiger partial charge in [-0.05, 0) is 56.8 Å². The second kappa shape index (κ2) is 12.9. The van der Waals surface area contributed by atoms with E-state index in [-0.39, 0.29) is 0 Å². The second-order valence-corrected chi connectivity index (χ2v) is 13.4. The van der Waals surface area contributed by atoms with Gasteiger partial charge in [0.1, 0.15) is 23.2 Å². The summed E-state index contributed by atoms with van der Waals surface area (Å²) in [4.78, 5) is 10.6. The monoisotopic (exact) mass is 679 g/mol. The first kappa shape index (κ1) is 30.8. The Hall–Kier alpha value is -7.04. The number of amidine groups is 2. The van der Waals surface area contributed by atoms with Crippen LogP contribution in [0.2, 0.25) is 0 Å². The molecule has 53 heavy (non-hydrogen) atoms. The van der Waals surface area contributed by atoms with Crippen molar-refractivity contribution in [3.8, 4) is 33.4 Å².